The number of allylic oxidation sites excluding steroid dienone is 1. The number of carbonyl (C=O) groups excluding carboxylic acids is 3. The summed E-state index contributed by atoms with van der Waals surface area (Å²) in [6, 6.07) is 17.1. The van der Waals surface area contributed by atoms with Gasteiger partial charge in [-0.15, -0.1) is 6.58 Å². The largest absolute Gasteiger partial charge is 0.479 e. The SMILES string of the molecule is C=CC[C@H]1CN(C(=O)[C@H](C)NC(=O)OCc2ccccc2)C[C@@]1(NC(=O)OCc1ccccc1)C(=O)O. The maximum atomic E-state index is 13.1. The van der Waals surface area contributed by atoms with Gasteiger partial charge in [-0.25, -0.2) is 14.4 Å². The third kappa shape index (κ3) is 7.09. The molecule has 1 heterocycles. The summed E-state index contributed by atoms with van der Waals surface area (Å²) in [6.07, 6.45) is 0.0790. The van der Waals surface area contributed by atoms with Crippen LogP contribution in [0.2, 0.25) is 0 Å². The fourth-order valence-electron chi connectivity index (χ4n) is 4.22. The first-order valence-corrected chi connectivity index (χ1v) is 11.8. The molecule has 0 radical (unpaired) electrons. The standard InChI is InChI=1S/C27H31N3O7/c1-3-10-22-15-30(23(31)19(2)28-25(34)36-16-20-11-6-4-7-12-20)18-27(22,24(32)33)29-26(35)37-17-21-13-8-5-9-14-21/h3-9,11-14,19,22H,1,10,15-18H2,2H3,(H,28,34)(H,29,35)(H,32,33)/t19-,22-,27-/m0/s1. The molecule has 2 aromatic rings. The molecular weight excluding hydrogens is 478 g/mol. The van der Waals surface area contributed by atoms with Gasteiger partial charge in [0, 0.05) is 12.5 Å². The maximum absolute atomic E-state index is 13.1. The van der Waals surface area contributed by atoms with Gasteiger partial charge < -0.3 is 30.1 Å². The van der Waals surface area contributed by atoms with E-state index in [2.05, 4.69) is 17.2 Å². The fourth-order valence-corrected chi connectivity index (χ4v) is 4.22. The number of rotatable bonds is 10. The van der Waals surface area contributed by atoms with E-state index in [1.807, 2.05) is 24.3 Å². The highest BCUT2D eigenvalue weighted by Crippen LogP contribution is 2.32. The van der Waals surface area contributed by atoms with Gasteiger partial charge in [0.15, 0.2) is 5.54 Å². The quantitative estimate of drug-likeness (QED) is 0.419. The molecule has 0 aromatic heterocycles. The number of alkyl carbamates (subject to hydrolysis) is 2. The number of hydrogen-bond acceptors (Lipinski definition) is 6. The molecule has 0 saturated carbocycles. The molecule has 196 valence electrons. The minimum absolute atomic E-state index is 0.0375. The lowest BCUT2D eigenvalue weighted by atomic mass is 9.85. The predicted molar refractivity (Wildman–Crippen MR) is 134 cm³/mol. The van der Waals surface area contributed by atoms with E-state index < -0.39 is 41.6 Å². The Balaban J connectivity index is 1.63. The molecule has 3 atom stereocenters. The van der Waals surface area contributed by atoms with Crippen molar-refractivity contribution in [1.29, 1.82) is 0 Å². The smallest absolute Gasteiger partial charge is 0.408 e. The summed E-state index contributed by atoms with van der Waals surface area (Å²) in [5.41, 5.74) is -0.252. The van der Waals surface area contributed by atoms with Crippen LogP contribution < -0.4 is 10.6 Å². The highest BCUT2D eigenvalue weighted by atomic mass is 16.6. The Bertz CT molecular complexity index is 1110. The van der Waals surface area contributed by atoms with E-state index in [1.165, 1.54) is 17.9 Å². The predicted octanol–water partition coefficient (Wildman–Crippen LogP) is 3.09. The molecule has 0 bridgehead atoms. The second kappa shape index (κ2) is 12.6. The Morgan fingerprint density at radius 1 is 1.03 bits per heavy atom. The van der Waals surface area contributed by atoms with Gasteiger partial charge in [0.2, 0.25) is 5.91 Å². The Labute approximate surface area is 215 Å². The molecule has 37 heavy (non-hydrogen) atoms. The van der Waals surface area contributed by atoms with Crippen molar-refractivity contribution in [3.8, 4) is 0 Å². The van der Waals surface area contributed by atoms with Gasteiger partial charge in [0.1, 0.15) is 19.3 Å². The van der Waals surface area contributed by atoms with Crippen LogP contribution in [0.4, 0.5) is 9.59 Å². The zero-order valence-corrected chi connectivity index (χ0v) is 20.6. The van der Waals surface area contributed by atoms with E-state index in [0.717, 1.165) is 11.1 Å². The summed E-state index contributed by atoms with van der Waals surface area (Å²) in [5, 5.41) is 15.1. The number of carbonyl (C=O) groups is 4. The molecule has 3 amide bonds. The average Bonchev–Trinajstić information content (AvgIpc) is 3.26. The van der Waals surface area contributed by atoms with E-state index in [-0.39, 0.29) is 32.7 Å². The van der Waals surface area contributed by atoms with E-state index in [9.17, 15) is 24.3 Å². The van der Waals surface area contributed by atoms with E-state index in [0.29, 0.717) is 0 Å². The molecular formula is C27H31N3O7. The number of likely N-dealkylation sites (tertiary alicyclic amines) is 1. The van der Waals surface area contributed by atoms with Gasteiger partial charge in [-0.05, 0) is 24.5 Å². The molecule has 3 rings (SSSR count). The topological polar surface area (TPSA) is 134 Å². The van der Waals surface area contributed by atoms with Crippen molar-refractivity contribution in [3.05, 3.63) is 84.4 Å². The van der Waals surface area contributed by atoms with Crippen LogP contribution in [0, 0.1) is 5.92 Å². The van der Waals surface area contributed by atoms with Crippen molar-refractivity contribution in [3.63, 3.8) is 0 Å². The van der Waals surface area contributed by atoms with Crippen LogP contribution in [0.3, 0.4) is 0 Å². The lowest BCUT2D eigenvalue weighted by Gasteiger charge is -2.30. The van der Waals surface area contributed by atoms with Gasteiger partial charge >= 0.3 is 18.2 Å². The van der Waals surface area contributed by atoms with Gasteiger partial charge in [-0.3, -0.25) is 4.79 Å². The number of amides is 3. The molecule has 0 spiro atoms. The fraction of sp³-hybridized carbons (Fsp3) is 0.333. The van der Waals surface area contributed by atoms with Crippen molar-refractivity contribution >= 4 is 24.1 Å². The van der Waals surface area contributed by atoms with Crippen LogP contribution in [0.1, 0.15) is 24.5 Å². The second-order valence-electron chi connectivity index (χ2n) is 8.83. The third-order valence-corrected chi connectivity index (χ3v) is 6.18. The Morgan fingerprint density at radius 2 is 1.57 bits per heavy atom. The normalized spacial score (nSPS) is 19.4. The number of nitrogens with zero attached hydrogens (tertiary/aromatic N) is 1. The highest BCUT2D eigenvalue weighted by molar-refractivity contribution is 5.90. The van der Waals surface area contributed by atoms with Gasteiger partial charge in [0.25, 0.3) is 0 Å². The number of nitrogens with one attached hydrogen (secondary N) is 2. The second-order valence-corrected chi connectivity index (χ2v) is 8.83. The van der Waals surface area contributed by atoms with Gasteiger partial charge in [-0.1, -0.05) is 66.7 Å². The van der Waals surface area contributed by atoms with Gasteiger partial charge in [0.05, 0.1) is 6.54 Å². The van der Waals surface area contributed by atoms with Crippen LogP contribution in [0.15, 0.2) is 73.3 Å². The first kappa shape index (κ1) is 27.3. The number of hydrogen-bond donors (Lipinski definition) is 3. The molecule has 10 nitrogen and oxygen atoms in total. The Hall–Kier alpha value is -4.34. The van der Waals surface area contributed by atoms with Crippen molar-refractivity contribution in [2.75, 3.05) is 13.1 Å². The van der Waals surface area contributed by atoms with Crippen molar-refractivity contribution in [1.82, 2.24) is 15.5 Å². The Morgan fingerprint density at radius 3 is 2.08 bits per heavy atom. The lowest BCUT2D eigenvalue weighted by molar-refractivity contribution is -0.146. The van der Waals surface area contributed by atoms with Crippen molar-refractivity contribution in [2.45, 2.75) is 38.1 Å². The van der Waals surface area contributed by atoms with Crippen LogP contribution in [-0.2, 0) is 32.3 Å². The molecule has 1 aliphatic rings. The average molecular weight is 510 g/mol. The van der Waals surface area contributed by atoms with E-state index in [1.54, 1.807) is 36.4 Å². The monoisotopic (exact) mass is 509 g/mol. The molecule has 1 aliphatic heterocycles. The summed E-state index contributed by atoms with van der Waals surface area (Å²) in [6.45, 7) is 4.90. The van der Waals surface area contributed by atoms with Crippen molar-refractivity contribution < 1.29 is 33.8 Å². The maximum Gasteiger partial charge on any atom is 0.408 e. The highest BCUT2D eigenvalue weighted by Gasteiger charge is 2.55. The Kier molecular flexibility index (Phi) is 9.26. The lowest BCUT2D eigenvalue weighted by Crippen LogP contribution is -2.60. The zero-order chi connectivity index (χ0) is 26.8. The summed E-state index contributed by atoms with van der Waals surface area (Å²) in [4.78, 5) is 51.6. The molecule has 1 fully saturated rings. The summed E-state index contributed by atoms with van der Waals surface area (Å²) < 4.78 is 10.4. The van der Waals surface area contributed by atoms with Crippen LogP contribution >= 0.6 is 0 Å². The molecule has 2 aromatic carbocycles. The van der Waals surface area contributed by atoms with E-state index >= 15 is 0 Å². The number of carboxylic acids is 1. The number of benzene rings is 2. The zero-order valence-electron chi connectivity index (χ0n) is 20.6. The van der Waals surface area contributed by atoms with E-state index in [4.69, 9.17) is 9.47 Å². The van der Waals surface area contributed by atoms with Crippen LogP contribution in [0.5, 0.6) is 0 Å². The minimum atomic E-state index is -1.79. The molecule has 0 unspecified atom stereocenters. The molecule has 3 N–H and O–H groups in total. The molecule has 1 saturated heterocycles. The minimum Gasteiger partial charge on any atom is -0.479 e. The van der Waals surface area contributed by atoms with Gasteiger partial charge in [-0.2, -0.15) is 0 Å². The summed E-state index contributed by atoms with van der Waals surface area (Å²) in [7, 11) is 0. The van der Waals surface area contributed by atoms with Crippen molar-refractivity contribution in [2.24, 2.45) is 5.92 Å². The number of aliphatic carboxylic acids is 1. The summed E-state index contributed by atoms with van der Waals surface area (Å²) in [5.74, 6) is -2.46. The number of carboxylic acid groups (broad SMARTS) is 1. The van der Waals surface area contributed by atoms with Crippen LogP contribution in [-0.4, -0.2) is 58.7 Å². The summed E-state index contributed by atoms with van der Waals surface area (Å²) >= 11 is 0. The van der Waals surface area contributed by atoms with Crippen LogP contribution in [0.25, 0.3) is 0 Å². The molecule has 0 aliphatic carbocycles. The molecule has 10 heteroatoms. The number of ether oxygens (including phenoxy) is 2. The third-order valence-electron chi connectivity index (χ3n) is 6.18. The first-order valence-electron chi connectivity index (χ1n) is 11.8. The first-order chi connectivity index (χ1) is 17.7.